The number of fused-ring (bicyclic) bond motifs is 5. The van der Waals surface area contributed by atoms with Crippen molar-refractivity contribution < 1.29 is 14.4 Å². The van der Waals surface area contributed by atoms with Crippen molar-refractivity contribution >= 4 is 29.1 Å². The number of amides is 1. The van der Waals surface area contributed by atoms with E-state index < -0.39 is 0 Å². The average Bonchev–Trinajstić information content (AvgIpc) is 3.08. The smallest absolute Gasteiger partial charge is 0.207 e. The third-order valence-electron chi connectivity index (χ3n) is 9.58. The van der Waals surface area contributed by atoms with Crippen molar-refractivity contribution in [3.8, 4) is 0 Å². The van der Waals surface area contributed by atoms with Crippen LogP contribution in [0.25, 0.3) is 0 Å². The first kappa shape index (κ1) is 22.1. The summed E-state index contributed by atoms with van der Waals surface area (Å²) >= 11 is 1.39. The molecule has 166 valence electrons. The Balaban J connectivity index is 1.47. The van der Waals surface area contributed by atoms with Crippen LogP contribution in [0.1, 0.15) is 72.1 Å². The van der Waals surface area contributed by atoms with E-state index in [1.54, 1.807) is 0 Å². The van der Waals surface area contributed by atoms with Gasteiger partial charge in [-0.1, -0.05) is 38.1 Å². The van der Waals surface area contributed by atoms with Crippen LogP contribution in [0.15, 0.2) is 11.6 Å². The Morgan fingerprint density at radius 1 is 1.20 bits per heavy atom. The molecule has 0 aliphatic heterocycles. The number of rotatable bonds is 6. The lowest BCUT2D eigenvalue weighted by molar-refractivity contribution is -0.119. The molecule has 0 radical (unpaired) electrons. The molecular formula is C25H37NO3S. The van der Waals surface area contributed by atoms with Crippen molar-refractivity contribution in [3.05, 3.63) is 11.6 Å². The molecule has 7 atom stereocenters. The second-order valence-corrected chi connectivity index (χ2v) is 11.8. The van der Waals surface area contributed by atoms with Gasteiger partial charge in [0.25, 0.3) is 0 Å². The monoisotopic (exact) mass is 431 g/mol. The van der Waals surface area contributed by atoms with E-state index >= 15 is 0 Å². The van der Waals surface area contributed by atoms with Gasteiger partial charge in [0.15, 0.2) is 10.9 Å². The molecular weight excluding hydrogens is 394 g/mol. The highest BCUT2D eigenvalue weighted by Crippen LogP contribution is 2.67. The number of thioether (sulfide) groups is 1. The second kappa shape index (κ2) is 8.44. The maximum Gasteiger partial charge on any atom is 0.207 e. The van der Waals surface area contributed by atoms with Crippen LogP contribution >= 0.6 is 11.8 Å². The fraction of sp³-hybridized carbons (Fsp3) is 0.800. The van der Waals surface area contributed by atoms with Crippen molar-refractivity contribution in [2.75, 3.05) is 12.3 Å². The summed E-state index contributed by atoms with van der Waals surface area (Å²) in [6, 6.07) is 0. The van der Waals surface area contributed by atoms with Crippen molar-refractivity contribution in [1.29, 1.82) is 0 Å². The first-order valence-electron chi connectivity index (χ1n) is 11.9. The Labute approximate surface area is 185 Å². The molecule has 4 aliphatic rings. The van der Waals surface area contributed by atoms with E-state index in [2.05, 4.69) is 26.1 Å². The average molecular weight is 432 g/mol. The van der Waals surface area contributed by atoms with Crippen molar-refractivity contribution in [1.82, 2.24) is 5.32 Å². The molecule has 1 N–H and O–H groups in total. The maximum atomic E-state index is 12.9. The van der Waals surface area contributed by atoms with Crippen LogP contribution in [-0.4, -0.2) is 29.6 Å². The van der Waals surface area contributed by atoms with Crippen LogP contribution < -0.4 is 5.32 Å². The fourth-order valence-electron chi connectivity index (χ4n) is 7.99. The molecule has 0 bridgehead atoms. The Morgan fingerprint density at radius 3 is 2.77 bits per heavy atom. The molecule has 5 heteroatoms. The number of hydrogen-bond donors (Lipinski definition) is 1. The molecule has 1 amide bonds. The van der Waals surface area contributed by atoms with E-state index in [4.69, 9.17) is 0 Å². The lowest BCUT2D eigenvalue weighted by atomic mass is 9.46. The van der Waals surface area contributed by atoms with Gasteiger partial charge in [-0.2, -0.15) is 0 Å². The minimum absolute atomic E-state index is 0.0831. The molecule has 0 saturated heterocycles. The van der Waals surface area contributed by atoms with Crippen LogP contribution in [0.3, 0.4) is 0 Å². The van der Waals surface area contributed by atoms with Gasteiger partial charge in [-0.3, -0.25) is 14.4 Å². The summed E-state index contributed by atoms with van der Waals surface area (Å²) in [4.78, 5) is 35.3. The maximum absolute atomic E-state index is 12.9. The highest BCUT2D eigenvalue weighted by molar-refractivity contribution is 8.13. The van der Waals surface area contributed by atoms with Gasteiger partial charge in [-0.25, -0.2) is 0 Å². The zero-order valence-electron chi connectivity index (χ0n) is 18.7. The summed E-state index contributed by atoms with van der Waals surface area (Å²) in [5.74, 6) is 3.71. The standard InChI is InChI=1S/C25H37NO3S/c1-16(23(29)30-13-12-26-15-27)20-6-7-21-19-5-4-17-14-18(28)8-10-24(17,2)22(19)9-11-25(20,21)3/h14-16,19-22H,4-13H2,1-3H3,(H,26,27)/t16-,19-,20+,21-,22-,24-,25+/m0/s1. The van der Waals surface area contributed by atoms with Gasteiger partial charge in [-0.05, 0) is 85.5 Å². The van der Waals surface area contributed by atoms with Gasteiger partial charge >= 0.3 is 0 Å². The van der Waals surface area contributed by atoms with E-state index in [0.717, 1.165) is 25.2 Å². The van der Waals surface area contributed by atoms with E-state index in [0.29, 0.717) is 47.4 Å². The van der Waals surface area contributed by atoms with Gasteiger partial charge < -0.3 is 5.32 Å². The third-order valence-corrected chi connectivity index (χ3v) is 10.6. The molecule has 4 rings (SSSR count). The summed E-state index contributed by atoms with van der Waals surface area (Å²) in [6.45, 7) is 7.61. The highest BCUT2D eigenvalue weighted by Gasteiger charge is 2.59. The van der Waals surface area contributed by atoms with E-state index in [-0.39, 0.29) is 16.7 Å². The second-order valence-electron chi connectivity index (χ2n) is 10.7. The zero-order chi connectivity index (χ0) is 21.5. The summed E-state index contributed by atoms with van der Waals surface area (Å²) in [5, 5.41) is 2.94. The normalized spacial score (nSPS) is 41.2. The molecule has 0 aromatic carbocycles. The number of allylic oxidation sites excluding steroid dienone is 1. The SMILES string of the molecule is C[C@H](C(=O)SCCNC=O)[C@H]1CC[C@H]2[C@@H]3CCC4=CC(=O)CC[C@]4(C)[C@H]3CC[C@]12C. The molecule has 4 nitrogen and oxygen atoms in total. The van der Waals surface area contributed by atoms with Crippen molar-refractivity contribution in [2.45, 2.75) is 72.1 Å². The number of nitrogens with one attached hydrogen (secondary N) is 1. The number of ketones is 1. The summed E-state index contributed by atoms with van der Waals surface area (Å²) in [5.41, 5.74) is 1.92. The Kier molecular flexibility index (Phi) is 6.22. The molecule has 30 heavy (non-hydrogen) atoms. The lowest BCUT2D eigenvalue weighted by Crippen LogP contribution is -2.51. The van der Waals surface area contributed by atoms with Gasteiger partial charge in [0.1, 0.15) is 0 Å². The summed E-state index contributed by atoms with van der Waals surface area (Å²) in [6.07, 6.45) is 11.6. The molecule has 3 fully saturated rings. The Morgan fingerprint density at radius 2 is 2.00 bits per heavy atom. The van der Waals surface area contributed by atoms with Crippen LogP contribution in [-0.2, 0) is 14.4 Å². The summed E-state index contributed by atoms with van der Waals surface area (Å²) in [7, 11) is 0. The molecule has 0 heterocycles. The first-order chi connectivity index (χ1) is 14.3. The predicted molar refractivity (Wildman–Crippen MR) is 121 cm³/mol. The zero-order valence-corrected chi connectivity index (χ0v) is 19.6. The molecule has 0 aromatic rings. The molecule has 0 spiro atoms. The molecule has 0 aromatic heterocycles. The molecule has 3 saturated carbocycles. The van der Waals surface area contributed by atoms with Crippen LogP contribution in [0.5, 0.6) is 0 Å². The Bertz CT molecular complexity index is 749. The quantitative estimate of drug-likeness (QED) is 0.486. The largest absolute Gasteiger partial charge is 0.358 e. The first-order valence-corrected chi connectivity index (χ1v) is 12.9. The van der Waals surface area contributed by atoms with Gasteiger partial charge in [0.2, 0.25) is 6.41 Å². The third kappa shape index (κ3) is 3.59. The van der Waals surface area contributed by atoms with E-state index in [9.17, 15) is 14.4 Å². The number of hydrogen-bond acceptors (Lipinski definition) is 4. The molecule has 0 unspecified atom stereocenters. The van der Waals surface area contributed by atoms with Crippen LogP contribution in [0.2, 0.25) is 0 Å². The lowest BCUT2D eigenvalue weighted by Gasteiger charge is -2.58. The van der Waals surface area contributed by atoms with Crippen molar-refractivity contribution in [3.63, 3.8) is 0 Å². The van der Waals surface area contributed by atoms with E-state index in [1.165, 1.54) is 49.4 Å². The van der Waals surface area contributed by atoms with Gasteiger partial charge in [-0.15, -0.1) is 0 Å². The Hall–Kier alpha value is -1.10. The number of carbonyl (C=O) groups excluding carboxylic acids is 3. The summed E-state index contributed by atoms with van der Waals surface area (Å²) < 4.78 is 0. The van der Waals surface area contributed by atoms with Crippen molar-refractivity contribution in [2.24, 2.45) is 40.4 Å². The minimum atomic E-state index is 0.0831. The molecule has 4 aliphatic carbocycles. The van der Waals surface area contributed by atoms with Gasteiger partial charge in [0.05, 0.1) is 0 Å². The topological polar surface area (TPSA) is 63.2 Å². The predicted octanol–water partition coefficient (Wildman–Crippen LogP) is 4.78. The van der Waals surface area contributed by atoms with Crippen LogP contribution in [0.4, 0.5) is 0 Å². The minimum Gasteiger partial charge on any atom is -0.358 e. The highest BCUT2D eigenvalue weighted by atomic mass is 32.2. The number of carbonyl (C=O) groups is 3. The fourth-order valence-corrected chi connectivity index (χ4v) is 8.83. The van der Waals surface area contributed by atoms with E-state index in [1.807, 2.05) is 6.08 Å². The van der Waals surface area contributed by atoms with Gasteiger partial charge in [0, 0.05) is 24.6 Å². The van der Waals surface area contributed by atoms with Crippen LogP contribution in [0, 0.1) is 40.4 Å².